The second-order valence-corrected chi connectivity index (χ2v) is 4.59. The average Bonchev–Trinajstić information content (AvgIpc) is 2.50. The van der Waals surface area contributed by atoms with Crippen molar-refractivity contribution in [3.8, 4) is 5.75 Å². The van der Waals surface area contributed by atoms with E-state index in [0.29, 0.717) is 12.2 Å². The van der Waals surface area contributed by atoms with Gasteiger partial charge in [0.15, 0.2) is 0 Å². The first-order chi connectivity index (χ1) is 10.5. The number of aryl methyl sites for hydroxylation is 1. The lowest BCUT2D eigenvalue weighted by Crippen LogP contribution is -2.12. The van der Waals surface area contributed by atoms with E-state index in [1.807, 2.05) is 25.1 Å². The lowest BCUT2D eigenvalue weighted by Gasteiger charge is -2.11. The van der Waals surface area contributed by atoms with Crippen LogP contribution in [0.25, 0.3) is 0 Å². The predicted molar refractivity (Wildman–Crippen MR) is 73.8 cm³/mol. The summed E-state index contributed by atoms with van der Waals surface area (Å²) < 4.78 is 58.0. The first-order valence-corrected chi connectivity index (χ1v) is 6.63. The second kappa shape index (κ2) is 7.11. The summed E-state index contributed by atoms with van der Waals surface area (Å²) in [4.78, 5) is 2.48. The third kappa shape index (κ3) is 3.66. The van der Waals surface area contributed by atoms with Crippen molar-refractivity contribution in [2.24, 2.45) is 0 Å². The van der Waals surface area contributed by atoms with Crippen molar-refractivity contribution in [2.45, 2.75) is 13.3 Å². The summed E-state index contributed by atoms with van der Waals surface area (Å²) in [6, 6.07) is 7.40. The molecule has 7 heteroatoms. The summed E-state index contributed by atoms with van der Waals surface area (Å²) >= 11 is 0. The lowest BCUT2D eigenvalue weighted by molar-refractivity contribution is 0.312. The molecule has 0 aliphatic heterocycles. The normalized spacial score (nSPS) is 10.6. The van der Waals surface area contributed by atoms with Gasteiger partial charge in [-0.3, -0.25) is 0 Å². The van der Waals surface area contributed by atoms with Crippen LogP contribution in [0.4, 0.5) is 23.2 Å². The van der Waals surface area contributed by atoms with E-state index in [9.17, 15) is 17.6 Å². The highest BCUT2D eigenvalue weighted by Crippen LogP contribution is 2.22. The molecular weight excluding hydrogens is 300 g/mol. The topological polar surface area (TPSA) is 34.1 Å². The summed E-state index contributed by atoms with van der Waals surface area (Å²) in [5.41, 5.74) is 0.103. The SMILES string of the molecule is Cc1ccccc1OCCCNc1c(F)c(F)nc(F)c1F. The Morgan fingerprint density at radius 2 is 1.68 bits per heavy atom. The fourth-order valence-corrected chi connectivity index (χ4v) is 1.83. The maximum Gasteiger partial charge on any atom is 0.253 e. The summed E-state index contributed by atoms with van der Waals surface area (Å²) in [6.07, 6.45) is 0.388. The fourth-order valence-electron chi connectivity index (χ4n) is 1.83. The van der Waals surface area contributed by atoms with E-state index >= 15 is 0 Å². The van der Waals surface area contributed by atoms with Crippen molar-refractivity contribution in [3.63, 3.8) is 0 Å². The lowest BCUT2D eigenvalue weighted by atomic mass is 10.2. The van der Waals surface area contributed by atoms with Crippen molar-refractivity contribution in [3.05, 3.63) is 53.4 Å². The zero-order valence-electron chi connectivity index (χ0n) is 11.8. The van der Waals surface area contributed by atoms with Crippen molar-refractivity contribution in [1.82, 2.24) is 4.98 Å². The van der Waals surface area contributed by atoms with E-state index in [2.05, 4.69) is 10.3 Å². The van der Waals surface area contributed by atoms with Gasteiger partial charge in [-0.05, 0) is 25.0 Å². The highest BCUT2D eigenvalue weighted by atomic mass is 19.2. The maximum absolute atomic E-state index is 13.3. The van der Waals surface area contributed by atoms with Crippen LogP contribution in [-0.2, 0) is 0 Å². The third-order valence-electron chi connectivity index (χ3n) is 2.97. The first kappa shape index (κ1) is 16.1. The van der Waals surface area contributed by atoms with Crippen molar-refractivity contribution in [2.75, 3.05) is 18.5 Å². The van der Waals surface area contributed by atoms with Crippen LogP contribution in [0.3, 0.4) is 0 Å². The van der Waals surface area contributed by atoms with Crippen LogP contribution in [0.1, 0.15) is 12.0 Å². The van der Waals surface area contributed by atoms with Crippen LogP contribution in [0.15, 0.2) is 24.3 Å². The number of ether oxygens (including phenoxy) is 1. The molecule has 0 unspecified atom stereocenters. The molecule has 0 amide bonds. The third-order valence-corrected chi connectivity index (χ3v) is 2.97. The van der Waals surface area contributed by atoms with E-state index < -0.39 is 29.2 Å². The second-order valence-electron chi connectivity index (χ2n) is 4.59. The average molecular weight is 314 g/mol. The molecule has 22 heavy (non-hydrogen) atoms. The molecule has 2 aromatic rings. The Labute approximate surface area is 124 Å². The Morgan fingerprint density at radius 3 is 2.32 bits per heavy atom. The van der Waals surface area contributed by atoms with E-state index in [1.54, 1.807) is 6.07 Å². The van der Waals surface area contributed by atoms with Crippen LogP contribution in [0.2, 0.25) is 0 Å². The Hall–Kier alpha value is -2.31. The van der Waals surface area contributed by atoms with Gasteiger partial charge in [-0.2, -0.15) is 22.5 Å². The van der Waals surface area contributed by atoms with E-state index in [0.717, 1.165) is 5.56 Å². The van der Waals surface area contributed by atoms with Crippen LogP contribution in [-0.4, -0.2) is 18.1 Å². The van der Waals surface area contributed by atoms with Gasteiger partial charge in [0.05, 0.1) is 6.61 Å². The standard InChI is InChI=1S/C15H14F4N2O/c1-9-5-2-3-6-10(9)22-8-4-7-20-13-11(16)14(18)21-15(19)12(13)17/h2-3,5-6H,4,7-8H2,1H3,(H,20,21). The Morgan fingerprint density at radius 1 is 1.05 bits per heavy atom. The number of nitrogens with zero attached hydrogens (tertiary/aromatic N) is 1. The van der Waals surface area contributed by atoms with Crippen molar-refractivity contribution >= 4 is 5.69 Å². The number of benzene rings is 1. The number of rotatable bonds is 6. The number of hydrogen-bond donors (Lipinski definition) is 1. The van der Waals surface area contributed by atoms with Crippen molar-refractivity contribution < 1.29 is 22.3 Å². The molecule has 0 saturated carbocycles. The minimum Gasteiger partial charge on any atom is -0.493 e. The molecule has 0 bridgehead atoms. The largest absolute Gasteiger partial charge is 0.493 e. The molecule has 2 rings (SSSR count). The minimum atomic E-state index is -1.68. The van der Waals surface area contributed by atoms with Gasteiger partial charge in [-0.15, -0.1) is 0 Å². The summed E-state index contributed by atoms with van der Waals surface area (Å²) in [6.45, 7) is 2.26. The molecule has 0 aliphatic carbocycles. The van der Waals surface area contributed by atoms with Gasteiger partial charge in [0, 0.05) is 6.54 Å². The fraction of sp³-hybridized carbons (Fsp3) is 0.267. The highest BCUT2D eigenvalue weighted by Gasteiger charge is 2.20. The molecule has 0 atom stereocenters. The zero-order chi connectivity index (χ0) is 16.1. The van der Waals surface area contributed by atoms with Gasteiger partial charge in [0.2, 0.25) is 11.6 Å². The summed E-state index contributed by atoms with van der Waals surface area (Å²) in [7, 11) is 0. The number of anilines is 1. The maximum atomic E-state index is 13.3. The van der Waals surface area contributed by atoms with E-state index in [-0.39, 0.29) is 13.2 Å². The predicted octanol–water partition coefficient (Wildman–Crippen LogP) is 3.83. The van der Waals surface area contributed by atoms with E-state index in [4.69, 9.17) is 4.74 Å². The molecule has 1 aromatic carbocycles. The first-order valence-electron chi connectivity index (χ1n) is 6.63. The molecule has 0 spiro atoms. The number of halogens is 4. The monoisotopic (exact) mass is 314 g/mol. The number of nitrogens with one attached hydrogen (secondary N) is 1. The van der Waals surface area contributed by atoms with Gasteiger partial charge in [-0.25, -0.2) is 0 Å². The summed E-state index contributed by atoms with van der Waals surface area (Å²) in [5.74, 6) is -5.74. The van der Waals surface area contributed by atoms with Gasteiger partial charge in [-0.1, -0.05) is 18.2 Å². The van der Waals surface area contributed by atoms with Gasteiger partial charge < -0.3 is 10.1 Å². The Bertz CT molecular complexity index is 638. The molecule has 1 aromatic heterocycles. The zero-order valence-corrected chi connectivity index (χ0v) is 11.8. The summed E-state index contributed by atoms with van der Waals surface area (Å²) in [5, 5.41) is 2.31. The molecular formula is C15H14F4N2O. The molecule has 0 aliphatic rings. The van der Waals surface area contributed by atoms with Crippen LogP contribution in [0.5, 0.6) is 5.75 Å². The molecule has 3 nitrogen and oxygen atoms in total. The molecule has 1 heterocycles. The number of para-hydroxylation sites is 1. The smallest absolute Gasteiger partial charge is 0.253 e. The quantitative estimate of drug-likeness (QED) is 0.500. The molecule has 0 fully saturated rings. The van der Waals surface area contributed by atoms with Crippen LogP contribution >= 0.6 is 0 Å². The number of pyridine rings is 1. The van der Waals surface area contributed by atoms with Crippen LogP contribution in [0, 0.1) is 30.5 Å². The molecule has 0 radical (unpaired) electrons. The van der Waals surface area contributed by atoms with Gasteiger partial charge in [0.25, 0.3) is 11.9 Å². The van der Waals surface area contributed by atoms with E-state index in [1.165, 1.54) is 0 Å². The highest BCUT2D eigenvalue weighted by molar-refractivity contribution is 5.45. The van der Waals surface area contributed by atoms with Crippen LogP contribution < -0.4 is 10.1 Å². The number of hydrogen-bond acceptors (Lipinski definition) is 3. The molecule has 1 N–H and O–H groups in total. The van der Waals surface area contributed by atoms with Crippen molar-refractivity contribution in [1.29, 1.82) is 0 Å². The minimum absolute atomic E-state index is 0.0859. The number of aromatic nitrogens is 1. The van der Waals surface area contributed by atoms with Gasteiger partial charge >= 0.3 is 0 Å². The molecule has 0 saturated heterocycles. The Kier molecular flexibility index (Phi) is 5.19. The van der Waals surface area contributed by atoms with Gasteiger partial charge in [0.1, 0.15) is 11.4 Å². The molecule has 118 valence electrons. The Balaban J connectivity index is 1.86.